The summed E-state index contributed by atoms with van der Waals surface area (Å²) in [4.78, 5) is 24.3. The van der Waals surface area contributed by atoms with Gasteiger partial charge >= 0.3 is 5.63 Å². The smallest absolute Gasteiger partial charge is 0.336 e. The van der Waals surface area contributed by atoms with Crippen LogP contribution in [0.1, 0.15) is 42.8 Å². The van der Waals surface area contributed by atoms with E-state index in [1.807, 2.05) is 30.3 Å². The first-order chi connectivity index (χ1) is 12.8. The maximum atomic E-state index is 12.4. The Kier molecular flexibility index (Phi) is 5.38. The first-order valence-electron chi connectivity index (χ1n) is 8.80. The predicted octanol–water partition coefficient (Wildman–Crippen LogP) is 4.69. The van der Waals surface area contributed by atoms with E-state index < -0.39 is 11.0 Å². The second-order valence-electron chi connectivity index (χ2n) is 7.54. The highest BCUT2D eigenvalue weighted by molar-refractivity contribution is 6.30. The highest BCUT2D eigenvalue weighted by Crippen LogP contribution is 2.27. The van der Waals surface area contributed by atoms with E-state index in [9.17, 15) is 9.59 Å². The predicted molar refractivity (Wildman–Crippen MR) is 108 cm³/mol. The number of carbonyl (C=O) groups excluding carboxylic acids is 1. The zero-order chi connectivity index (χ0) is 19.6. The van der Waals surface area contributed by atoms with Crippen LogP contribution in [0.5, 0.6) is 0 Å². The van der Waals surface area contributed by atoms with Crippen molar-refractivity contribution in [3.63, 3.8) is 0 Å². The van der Waals surface area contributed by atoms with E-state index in [1.54, 1.807) is 18.2 Å². The molecule has 0 fully saturated rings. The second-order valence-corrected chi connectivity index (χ2v) is 7.98. The van der Waals surface area contributed by atoms with Gasteiger partial charge in [0.15, 0.2) is 0 Å². The molecule has 3 aromatic rings. The minimum atomic E-state index is -0.789. The van der Waals surface area contributed by atoms with Crippen molar-refractivity contribution in [1.29, 1.82) is 0 Å². The molecule has 27 heavy (non-hydrogen) atoms. The lowest BCUT2D eigenvalue weighted by atomic mass is 9.86. The van der Waals surface area contributed by atoms with Gasteiger partial charge in [-0.25, -0.2) is 4.79 Å². The van der Waals surface area contributed by atoms with Crippen molar-refractivity contribution in [3.05, 3.63) is 81.7 Å². The van der Waals surface area contributed by atoms with Gasteiger partial charge in [-0.3, -0.25) is 4.79 Å². The molecule has 5 heteroatoms. The van der Waals surface area contributed by atoms with Gasteiger partial charge in [-0.2, -0.15) is 0 Å². The molecule has 1 N–H and O–H groups in total. The molecule has 1 heterocycles. The number of hydrogen-bond acceptors (Lipinski definition) is 3. The van der Waals surface area contributed by atoms with Gasteiger partial charge in [0.25, 0.3) is 0 Å². The van der Waals surface area contributed by atoms with Gasteiger partial charge in [-0.1, -0.05) is 57.2 Å². The molecule has 0 saturated heterocycles. The first-order valence-corrected chi connectivity index (χ1v) is 9.23. The SMILES string of the molecule is CC(C)(C)c1ccc2oc(=O)cc(CNC(=O)C(Cl)c3ccccc3)c2c1. The van der Waals surface area contributed by atoms with Crippen LogP contribution in [0.4, 0.5) is 0 Å². The Labute approximate surface area is 163 Å². The topological polar surface area (TPSA) is 59.3 Å². The Hall–Kier alpha value is -2.59. The van der Waals surface area contributed by atoms with Crippen LogP contribution in [0.2, 0.25) is 0 Å². The highest BCUT2D eigenvalue weighted by atomic mass is 35.5. The molecule has 0 aliphatic rings. The summed E-state index contributed by atoms with van der Waals surface area (Å²) in [5, 5.41) is 2.85. The minimum Gasteiger partial charge on any atom is -0.423 e. The van der Waals surface area contributed by atoms with Crippen LogP contribution in [-0.4, -0.2) is 5.91 Å². The van der Waals surface area contributed by atoms with Crippen LogP contribution >= 0.6 is 11.6 Å². The quantitative estimate of drug-likeness (QED) is 0.525. The minimum absolute atomic E-state index is 0.0423. The van der Waals surface area contributed by atoms with Crippen LogP contribution in [0.3, 0.4) is 0 Å². The number of hydrogen-bond donors (Lipinski definition) is 1. The second kappa shape index (κ2) is 7.57. The lowest BCUT2D eigenvalue weighted by Gasteiger charge is -2.20. The van der Waals surface area contributed by atoms with E-state index in [0.717, 1.165) is 16.5 Å². The van der Waals surface area contributed by atoms with Crippen molar-refractivity contribution in [2.24, 2.45) is 0 Å². The van der Waals surface area contributed by atoms with Gasteiger partial charge in [0.1, 0.15) is 11.0 Å². The van der Waals surface area contributed by atoms with E-state index >= 15 is 0 Å². The Bertz CT molecular complexity index is 1020. The number of alkyl halides is 1. The van der Waals surface area contributed by atoms with E-state index in [2.05, 4.69) is 26.1 Å². The fourth-order valence-electron chi connectivity index (χ4n) is 2.89. The Morgan fingerprint density at radius 2 is 1.81 bits per heavy atom. The van der Waals surface area contributed by atoms with Crippen LogP contribution in [0.25, 0.3) is 11.0 Å². The van der Waals surface area contributed by atoms with Crippen molar-refractivity contribution in [2.75, 3.05) is 0 Å². The standard InChI is InChI=1S/C22H22ClNO3/c1-22(2,3)16-9-10-18-17(12-16)15(11-19(25)27-18)13-24-21(26)20(23)14-7-5-4-6-8-14/h4-12,20H,13H2,1-3H3,(H,24,26). The van der Waals surface area contributed by atoms with Crippen molar-refractivity contribution < 1.29 is 9.21 Å². The third-order valence-corrected chi connectivity index (χ3v) is 4.92. The number of carbonyl (C=O) groups is 1. The molecule has 0 bridgehead atoms. The van der Waals surface area contributed by atoms with E-state index in [1.165, 1.54) is 6.07 Å². The summed E-state index contributed by atoms with van der Waals surface area (Å²) in [5.41, 5.74) is 2.57. The molecule has 1 aromatic heterocycles. The molecular weight excluding hydrogens is 362 g/mol. The summed E-state index contributed by atoms with van der Waals surface area (Å²) in [6.07, 6.45) is 0. The average molecular weight is 384 g/mol. The van der Waals surface area contributed by atoms with Crippen LogP contribution in [0.15, 0.2) is 63.8 Å². The van der Waals surface area contributed by atoms with Gasteiger partial charge in [0, 0.05) is 18.0 Å². The van der Waals surface area contributed by atoms with Gasteiger partial charge in [0.2, 0.25) is 5.91 Å². The van der Waals surface area contributed by atoms with Crippen molar-refractivity contribution in [2.45, 2.75) is 38.1 Å². The number of amides is 1. The first kappa shape index (κ1) is 19.2. The highest BCUT2D eigenvalue weighted by Gasteiger charge is 2.19. The number of halogens is 1. The number of rotatable bonds is 4. The fourth-order valence-corrected chi connectivity index (χ4v) is 3.11. The zero-order valence-electron chi connectivity index (χ0n) is 15.6. The maximum Gasteiger partial charge on any atom is 0.336 e. The van der Waals surface area contributed by atoms with Gasteiger partial charge in [0.05, 0.1) is 0 Å². The van der Waals surface area contributed by atoms with Crippen LogP contribution in [-0.2, 0) is 16.8 Å². The third-order valence-electron chi connectivity index (χ3n) is 4.47. The largest absolute Gasteiger partial charge is 0.423 e. The molecule has 1 amide bonds. The molecule has 1 unspecified atom stereocenters. The molecule has 4 nitrogen and oxygen atoms in total. The lowest BCUT2D eigenvalue weighted by Crippen LogP contribution is -2.27. The molecule has 0 saturated carbocycles. The van der Waals surface area contributed by atoms with Crippen molar-refractivity contribution >= 4 is 28.5 Å². The molecule has 0 spiro atoms. The van der Waals surface area contributed by atoms with Gasteiger partial charge in [-0.15, -0.1) is 11.6 Å². The molecule has 3 rings (SSSR count). The summed E-state index contributed by atoms with van der Waals surface area (Å²) in [7, 11) is 0. The van der Waals surface area contributed by atoms with E-state index in [0.29, 0.717) is 11.1 Å². The third kappa shape index (κ3) is 4.40. The van der Waals surface area contributed by atoms with Gasteiger partial charge in [-0.05, 0) is 34.2 Å². The fraction of sp³-hybridized carbons (Fsp3) is 0.273. The maximum absolute atomic E-state index is 12.4. The zero-order valence-corrected chi connectivity index (χ0v) is 16.3. The van der Waals surface area contributed by atoms with Crippen LogP contribution < -0.4 is 10.9 Å². The molecule has 0 aliphatic carbocycles. The number of nitrogens with one attached hydrogen (secondary N) is 1. The summed E-state index contributed by atoms with van der Waals surface area (Å²) in [5.74, 6) is -0.309. The monoisotopic (exact) mass is 383 g/mol. The van der Waals surface area contributed by atoms with Gasteiger partial charge < -0.3 is 9.73 Å². The molecule has 0 radical (unpaired) electrons. The van der Waals surface area contributed by atoms with E-state index in [4.69, 9.17) is 16.0 Å². The number of fused-ring (bicyclic) bond motifs is 1. The van der Waals surface area contributed by atoms with Crippen LogP contribution in [0, 0.1) is 0 Å². The molecule has 140 valence electrons. The van der Waals surface area contributed by atoms with Crippen molar-refractivity contribution in [1.82, 2.24) is 5.32 Å². The Morgan fingerprint density at radius 1 is 1.11 bits per heavy atom. The lowest BCUT2D eigenvalue weighted by molar-refractivity contribution is -0.121. The molecule has 2 aromatic carbocycles. The van der Waals surface area contributed by atoms with E-state index in [-0.39, 0.29) is 17.9 Å². The average Bonchev–Trinajstić information content (AvgIpc) is 2.64. The Morgan fingerprint density at radius 3 is 2.48 bits per heavy atom. The van der Waals surface area contributed by atoms with Crippen molar-refractivity contribution in [3.8, 4) is 0 Å². The molecule has 0 aliphatic heterocycles. The summed E-state index contributed by atoms with van der Waals surface area (Å²) in [6, 6.07) is 16.3. The molecule has 1 atom stereocenters. The summed E-state index contributed by atoms with van der Waals surface area (Å²) < 4.78 is 5.30. The normalized spacial score (nSPS) is 12.7. The summed E-state index contributed by atoms with van der Waals surface area (Å²) >= 11 is 6.27. The molecular formula is C22H22ClNO3. The number of benzene rings is 2. The summed E-state index contributed by atoms with van der Waals surface area (Å²) in [6.45, 7) is 6.55. The Balaban J connectivity index is 1.87.